The Morgan fingerprint density at radius 3 is 3.11 bits per heavy atom. The van der Waals surface area contributed by atoms with E-state index in [4.69, 9.17) is 15.2 Å². The average Bonchev–Trinajstić information content (AvgIpc) is 2.36. The zero-order chi connectivity index (χ0) is 13.1. The van der Waals surface area contributed by atoms with Gasteiger partial charge in [0.1, 0.15) is 10.4 Å². The summed E-state index contributed by atoms with van der Waals surface area (Å²) >= 11 is 3.25. The second kappa shape index (κ2) is 5.49. The summed E-state index contributed by atoms with van der Waals surface area (Å²) in [6, 6.07) is 1.05. The van der Waals surface area contributed by atoms with Gasteiger partial charge >= 0.3 is 5.97 Å². The average molecular weight is 317 g/mol. The smallest absolute Gasteiger partial charge is 0.331 e. The highest BCUT2D eigenvalue weighted by molar-refractivity contribution is 9.10. The SMILES string of the molecule is COC(=O)C1COCCN1c1nc(N)cc(Br)n1. The van der Waals surface area contributed by atoms with Gasteiger partial charge in [-0.3, -0.25) is 0 Å². The number of carbonyl (C=O) groups is 1. The van der Waals surface area contributed by atoms with Crippen LogP contribution in [0.4, 0.5) is 11.8 Å². The van der Waals surface area contributed by atoms with E-state index in [0.29, 0.717) is 29.5 Å². The van der Waals surface area contributed by atoms with Gasteiger partial charge in [-0.1, -0.05) is 0 Å². The predicted octanol–water partition coefficient (Wildman–Crippen LogP) is 0.199. The molecule has 2 heterocycles. The van der Waals surface area contributed by atoms with Gasteiger partial charge in [-0.05, 0) is 15.9 Å². The number of rotatable bonds is 2. The monoisotopic (exact) mass is 316 g/mol. The molecule has 0 amide bonds. The summed E-state index contributed by atoms with van der Waals surface area (Å²) in [6.07, 6.45) is 0. The van der Waals surface area contributed by atoms with Crippen LogP contribution in [-0.2, 0) is 14.3 Å². The molecular formula is C10H13BrN4O3. The van der Waals surface area contributed by atoms with Crippen LogP contribution in [-0.4, -0.2) is 48.8 Å². The van der Waals surface area contributed by atoms with Crippen molar-refractivity contribution in [2.24, 2.45) is 0 Å². The maximum Gasteiger partial charge on any atom is 0.331 e. The Kier molecular flexibility index (Phi) is 3.97. The number of esters is 1. The lowest BCUT2D eigenvalue weighted by atomic mass is 10.2. The largest absolute Gasteiger partial charge is 0.467 e. The van der Waals surface area contributed by atoms with E-state index in [1.165, 1.54) is 7.11 Å². The number of halogens is 1. The van der Waals surface area contributed by atoms with Crippen molar-refractivity contribution in [3.63, 3.8) is 0 Å². The third-order valence-electron chi connectivity index (χ3n) is 2.56. The Labute approximate surface area is 112 Å². The van der Waals surface area contributed by atoms with Crippen LogP contribution in [0.1, 0.15) is 0 Å². The minimum absolute atomic E-state index is 0.252. The molecule has 0 bridgehead atoms. The van der Waals surface area contributed by atoms with Gasteiger partial charge < -0.3 is 20.1 Å². The lowest BCUT2D eigenvalue weighted by Crippen LogP contribution is -2.51. The number of carbonyl (C=O) groups excluding carboxylic acids is 1. The summed E-state index contributed by atoms with van der Waals surface area (Å²) in [6.45, 7) is 1.27. The van der Waals surface area contributed by atoms with Crippen LogP contribution in [0.15, 0.2) is 10.7 Å². The third kappa shape index (κ3) is 2.70. The molecule has 1 fully saturated rings. The maximum absolute atomic E-state index is 11.7. The number of hydrogen-bond acceptors (Lipinski definition) is 7. The molecule has 1 saturated heterocycles. The Morgan fingerprint density at radius 2 is 2.44 bits per heavy atom. The topological polar surface area (TPSA) is 90.6 Å². The highest BCUT2D eigenvalue weighted by atomic mass is 79.9. The number of nitrogens with two attached hydrogens (primary N) is 1. The van der Waals surface area contributed by atoms with Gasteiger partial charge in [-0.2, -0.15) is 4.98 Å². The van der Waals surface area contributed by atoms with Crippen LogP contribution in [0.25, 0.3) is 0 Å². The molecule has 2 rings (SSSR count). The van der Waals surface area contributed by atoms with E-state index in [0.717, 1.165) is 0 Å². The third-order valence-corrected chi connectivity index (χ3v) is 2.97. The van der Waals surface area contributed by atoms with Crippen LogP contribution in [0.3, 0.4) is 0 Å². The van der Waals surface area contributed by atoms with Gasteiger partial charge in [-0.25, -0.2) is 9.78 Å². The minimum Gasteiger partial charge on any atom is -0.467 e. The van der Waals surface area contributed by atoms with Crippen molar-refractivity contribution in [2.45, 2.75) is 6.04 Å². The molecule has 1 aromatic rings. The fourth-order valence-electron chi connectivity index (χ4n) is 1.73. The number of nitrogen functional groups attached to an aromatic ring is 1. The van der Waals surface area contributed by atoms with E-state index < -0.39 is 6.04 Å². The highest BCUT2D eigenvalue weighted by Crippen LogP contribution is 2.20. The molecule has 1 aromatic heterocycles. The Morgan fingerprint density at radius 1 is 1.67 bits per heavy atom. The van der Waals surface area contributed by atoms with Crippen molar-refractivity contribution >= 4 is 33.7 Å². The van der Waals surface area contributed by atoms with Crippen molar-refractivity contribution in [2.75, 3.05) is 37.5 Å². The standard InChI is InChI=1S/C10H13BrN4O3/c1-17-9(16)6-5-18-3-2-15(6)10-13-7(11)4-8(12)14-10/h4,6H,2-3,5H2,1H3,(H2,12,13,14). The molecule has 1 aliphatic rings. The van der Waals surface area contributed by atoms with E-state index in [2.05, 4.69) is 25.9 Å². The van der Waals surface area contributed by atoms with Crippen LogP contribution in [0.5, 0.6) is 0 Å². The summed E-state index contributed by atoms with van der Waals surface area (Å²) < 4.78 is 10.6. The van der Waals surface area contributed by atoms with Crippen molar-refractivity contribution in [3.8, 4) is 0 Å². The van der Waals surface area contributed by atoms with Crippen molar-refractivity contribution in [1.29, 1.82) is 0 Å². The molecule has 1 atom stereocenters. The lowest BCUT2D eigenvalue weighted by molar-refractivity contribution is -0.144. The number of methoxy groups -OCH3 is 1. The van der Waals surface area contributed by atoms with E-state index in [1.807, 2.05) is 0 Å². The molecule has 0 aromatic carbocycles. The van der Waals surface area contributed by atoms with E-state index in [1.54, 1.807) is 11.0 Å². The minimum atomic E-state index is -0.544. The van der Waals surface area contributed by atoms with Crippen LogP contribution in [0.2, 0.25) is 0 Å². The van der Waals surface area contributed by atoms with Gasteiger partial charge in [0.2, 0.25) is 5.95 Å². The van der Waals surface area contributed by atoms with Crippen molar-refractivity contribution < 1.29 is 14.3 Å². The molecule has 18 heavy (non-hydrogen) atoms. The quantitative estimate of drug-likeness (QED) is 0.615. The molecule has 0 spiro atoms. The Hall–Kier alpha value is -1.41. The van der Waals surface area contributed by atoms with Crippen molar-refractivity contribution in [3.05, 3.63) is 10.7 Å². The molecule has 2 N–H and O–H groups in total. The lowest BCUT2D eigenvalue weighted by Gasteiger charge is -2.33. The summed E-state index contributed by atoms with van der Waals surface area (Å²) in [5, 5.41) is 0. The second-order valence-electron chi connectivity index (χ2n) is 3.72. The van der Waals surface area contributed by atoms with Gasteiger partial charge in [0.05, 0.1) is 20.3 Å². The van der Waals surface area contributed by atoms with Crippen LogP contribution < -0.4 is 10.6 Å². The summed E-state index contributed by atoms with van der Waals surface area (Å²) in [7, 11) is 1.34. The predicted molar refractivity (Wildman–Crippen MR) is 68.1 cm³/mol. The van der Waals surface area contributed by atoms with E-state index in [-0.39, 0.29) is 12.6 Å². The summed E-state index contributed by atoms with van der Waals surface area (Å²) in [5.41, 5.74) is 5.66. The first-order chi connectivity index (χ1) is 8.61. The van der Waals surface area contributed by atoms with Crippen molar-refractivity contribution in [1.82, 2.24) is 9.97 Å². The first-order valence-corrected chi connectivity index (χ1v) is 6.13. The van der Waals surface area contributed by atoms with Crippen LogP contribution >= 0.6 is 15.9 Å². The van der Waals surface area contributed by atoms with E-state index in [9.17, 15) is 4.79 Å². The zero-order valence-corrected chi connectivity index (χ0v) is 11.4. The number of hydrogen-bond donors (Lipinski definition) is 1. The molecule has 8 heteroatoms. The molecular weight excluding hydrogens is 304 g/mol. The molecule has 98 valence electrons. The Balaban J connectivity index is 2.30. The molecule has 0 saturated carbocycles. The fourth-order valence-corrected chi connectivity index (χ4v) is 2.12. The summed E-state index contributed by atoms with van der Waals surface area (Å²) in [5.74, 6) is 0.347. The first-order valence-electron chi connectivity index (χ1n) is 5.34. The molecule has 0 radical (unpaired) electrons. The number of nitrogens with zero attached hydrogens (tertiary/aromatic N) is 3. The summed E-state index contributed by atoms with van der Waals surface area (Å²) in [4.78, 5) is 21.7. The number of anilines is 2. The number of morpholine rings is 1. The normalized spacial score (nSPS) is 19.7. The Bertz CT molecular complexity index is 436. The molecule has 1 unspecified atom stereocenters. The van der Waals surface area contributed by atoms with Gasteiger partial charge in [0, 0.05) is 12.6 Å². The van der Waals surface area contributed by atoms with Gasteiger partial charge in [0.15, 0.2) is 6.04 Å². The van der Waals surface area contributed by atoms with Crippen LogP contribution in [0, 0.1) is 0 Å². The molecule has 7 nitrogen and oxygen atoms in total. The molecule has 0 aliphatic carbocycles. The number of ether oxygens (including phenoxy) is 2. The first kappa shape index (κ1) is 13.0. The zero-order valence-electron chi connectivity index (χ0n) is 9.80. The van der Waals surface area contributed by atoms with Gasteiger partial charge in [0.25, 0.3) is 0 Å². The highest BCUT2D eigenvalue weighted by Gasteiger charge is 2.32. The second-order valence-corrected chi connectivity index (χ2v) is 4.54. The fraction of sp³-hybridized carbons (Fsp3) is 0.500. The van der Waals surface area contributed by atoms with E-state index >= 15 is 0 Å². The number of aromatic nitrogens is 2. The van der Waals surface area contributed by atoms with Gasteiger partial charge in [-0.15, -0.1) is 0 Å². The molecule has 1 aliphatic heterocycles. The maximum atomic E-state index is 11.7.